The van der Waals surface area contributed by atoms with Crippen molar-refractivity contribution in [1.29, 1.82) is 0 Å². The second kappa shape index (κ2) is 7.12. The highest BCUT2D eigenvalue weighted by atomic mass is 35.5. The molecular formula is C20H11ClFN3S. The lowest BCUT2D eigenvalue weighted by atomic mass is 10.1. The van der Waals surface area contributed by atoms with Crippen molar-refractivity contribution in [1.82, 2.24) is 9.97 Å². The van der Waals surface area contributed by atoms with Gasteiger partial charge in [-0.15, -0.1) is 11.3 Å². The van der Waals surface area contributed by atoms with Crippen LogP contribution in [0.2, 0.25) is 5.02 Å². The van der Waals surface area contributed by atoms with Crippen LogP contribution < -0.4 is 5.32 Å². The monoisotopic (exact) mass is 379 g/mol. The molecule has 1 N–H and O–H groups in total. The summed E-state index contributed by atoms with van der Waals surface area (Å²) in [5.74, 6) is 6.44. The zero-order valence-corrected chi connectivity index (χ0v) is 14.9. The molecule has 3 nitrogen and oxygen atoms in total. The molecule has 0 spiro atoms. The molecule has 126 valence electrons. The molecule has 2 aromatic carbocycles. The molecule has 0 aliphatic heterocycles. The van der Waals surface area contributed by atoms with E-state index in [9.17, 15) is 4.39 Å². The van der Waals surface area contributed by atoms with Crippen molar-refractivity contribution in [3.63, 3.8) is 0 Å². The number of fused-ring (bicyclic) bond motifs is 1. The summed E-state index contributed by atoms with van der Waals surface area (Å²) in [6.07, 6.45) is 1.48. The second-order valence-electron chi connectivity index (χ2n) is 5.44. The number of benzene rings is 2. The van der Waals surface area contributed by atoms with Gasteiger partial charge in [-0.25, -0.2) is 14.4 Å². The summed E-state index contributed by atoms with van der Waals surface area (Å²) in [6.45, 7) is 0. The van der Waals surface area contributed by atoms with Crippen LogP contribution in [-0.4, -0.2) is 9.97 Å². The Morgan fingerprint density at radius 2 is 1.96 bits per heavy atom. The van der Waals surface area contributed by atoms with Gasteiger partial charge >= 0.3 is 0 Å². The first-order valence-corrected chi connectivity index (χ1v) is 8.97. The number of hydrogen-bond acceptors (Lipinski definition) is 4. The van der Waals surface area contributed by atoms with Gasteiger partial charge in [0.15, 0.2) is 0 Å². The molecule has 26 heavy (non-hydrogen) atoms. The maximum absolute atomic E-state index is 13.3. The van der Waals surface area contributed by atoms with E-state index in [1.54, 1.807) is 17.4 Å². The maximum atomic E-state index is 13.3. The Labute approximate surface area is 158 Å². The van der Waals surface area contributed by atoms with Crippen molar-refractivity contribution in [3.05, 3.63) is 81.5 Å². The first kappa shape index (κ1) is 16.5. The van der Waals surface area contributed by atoms with Gasteiger partial charge in [-0.3, -0.25) is 0 Å². The summed E-state index contributed by atoms with van der Waals surface area (Å²) in [5, 5.41) is 6.03. The van der Waals surface area contributed by atoms with Gasteiger partial charge in [0.1, 0.15) is 18.0 Å². The zero-order chi connectivity index (χ0) is 17.9. The molecule has 2 aromatic heterocycles. The Bertz CT molecular complexity index is 1150. The van der Waals surface area contributed by atoms with Crippen molar-refractivity contribution >= 4 is 45.3 Å². The first-order valence-electron chi connectivity index (χ1n) is 7.71. The van der Waals surface area contributed by atoms with Crippen LogP contribution in [0.25, 0.3) is 10.9 Å². The van der Waals surface area contributed by atoms with Gasteiger partial charge in [0.25, 0.3) is 0 Å². The highest BCUT2D eigenvalue weighted by Gasteiger charge is 2.07. The van der Waals surface area contributed by atoms with E-state index in [0.717, 1.165) is 21.3 Å². The van der Waals surface area contributed by atoms with Gasteiger partial charge in [-0.05, 0) is 47.8 Å². The van der Waals surface area contributed by atoms with Crippen molar-refractivity contribution in [2.75, 3.05) is 5.32 Å². The lowest BCUT2D eigenvalue weighted by Gasteiger charge is -2.09. The Morgan fingerprint density at radius 3 is 2.77 bits per heavy atom. The van der Waals surface area contributed by atoms with Crippen LogP contribution in [0.5, 0.6) is 0 Å². The Kier molecular flexibility index (Phi) is 4.53. The summed E-state index contributed by atoms with van der Waals surface area (Å²) in [5.41, 5.74) is 2.30. The fourth-order valence-corrected chi connectivity index (χ4v) is 3.18. The number of anilines is 2. The van der Waals surface area contributed by atoms with E-state index in [4.69, 9.17) is 11.6 Å². The van der Waals surface area contributed by atoms with E-state index < -0.39 is 5.82 Å². The summed E-state index contributed by atoms with van der Waals surface area (Å²) in [6, 6.07) is 14.1. The zero-order valence-electron chi connectivity index (χ0n) is 13.3. The average Bonchev–Trinajstić information content (AvgIpc) is 3.17. The fraction of sp³-hybridized carbons (Fsp3) is 0. The summed E-state index contributed by atoms with van der Waals surface area (Å²) < 4.78 is 13.3. The summed E-state index contributed by atoms with van der Waals surface area (Å²) in [4.78, 5) is 9.59. The Balaban J connectivity index is 1.72. The lowest BCUT2D eigenvalue weighted by molar-refractivity contribution is 0.628. The highest BCUT2D eigenvalue weighted by Crippen LogP contribution is 2.26. The molecule has 0 aliphatic carbocycles. The van der Waals surface area contributed by atoms with E-state index in [2.05, 4.69) is 27.1 Å². The molecule has 0 bridgehead atoms. The van der Waals surface area contributed by atoms with Gasteiger partial charge in [0.2, 0.25) is 0 Å². The third-order valence-electron chi connectivity index (χ3n) is 3.67. The minimum absolute atomic E-state index is 0.0517. The third-order valence-corrected chi connectivity index (χ3v) is 4.74. The predicted molar refractivity (Wildman–Crippen MR) is 105 cm³/mol. The van der Waals surface area contributed by atoms with Gasteiger partial charge in [0, 0.05) is 16.6 Å². The standard InChI is InChI=1S/C20H11ClFN3S/c21-17-11-14(5-7-18(17)22)25-20-16-10-13(3-6-15-2-1-9-26-15)4-8-19(16)23-12-24-20/h1-2,4-5,7-12H,(H,23,24,25). The average molecular weight is 380 g/mol. The topological polar surface area (TPSA) is 37.8 Å². The molecule has 4 rings (SSSR count). The largest absolute Gasteiger partial charge is 0.340 e. The molecule has 0 unspecified atom stereocenters. The second-order valence-corrected chi connectivity index (χ2v) is 6.79. The number of thiophene rings is 1. The molecule has 0 radical (unpaired) electrons. The molecule has 0 saturated heterocycles. The van der Waals surface area contributed by atoms with Gasteiger partial charge < -0.3 is 5.32 Å². The van der Waals surface area contributed by atoms with Crippen molar-refractivity contribution < 1.29 is 4.39 Å². The molecule has 0 aliphatic rings. The maximum Gasteiger partial charge on any atom is 0.141 e. The predicted octanol–water partition coefficient (Wildman–Crippen LogP) is 5.63. The normalized spacial score (nSPS) is 10.4. The first-order chi connectivity index (χ1) is 12.7. The molecule has 0 saturated carbocycles. The van der Waals surface area contributed by atoms with Crippen LogP contribution in [-0.2, 0) is 0 Å². The van der Waals surface area contributed by atoms with Gasteiger partial charge in [-0.2, -0.15) is 0 Å². The van der Waals surface area contributed by atoms with Crippen LogP contribution >= 0.6 is 22.9 Å². The van der Waals surface area contributed by atoms with Crippen LogP contribution in [0.15, 0.2) is 60.2 Å². The lowest BCUT2D eigenvalue weighted by Crippen LogP contribution is -1.96. The smallest absolute Gasteiger partial charge is 0.141 e. The van der Waals surface area contributed by atoms with Gasteiger partial charge in [-0.1, -0.05) is 29.5 Å². The number of nitrogens with one attached hydrogen (secondary N) is 1. The number of halogens is 2. The van der Waals surface area contributed by atoms with Crippen LogP contribution in [0.1, 0.15) is 10.4 Å². The van der Waals surface area contributed by atoms with Crippen LogP contribution in [0, 0.1) is 17.7 Å². The SMILES string of the molecule is Fc1ccc(Nc2ncnc3ccc(C#Cc4cccs4)cc23)cc1Cl. The molecule has 0 amide bonds. The summed E-state index contributed by atoms with van der Waals surface area (Å²) >= 11 is 7.45. The molecule has 4 aromatic rings. The number of rotatable bonds is 2. The molecule has 0 fully saturated rings. The van der Waals surface area contributed by atoms with E-state index in [0.29, 0.717) is 11.5 Å². The highest BCUT2D eigenvalue weighted by molar-refractivity contribution is 7.10. The van der Waals surface area contributed by atoms with Crippen molar-refractivity contribution in [2.24, 2.45) is 0 Å². The van der Waals surface area contributed by atoms with Crippen molar-refractivity contribution in [3.8, 4) is 11.8 Å². The van der Waals surface area contributed by atoms with E-state index >= 15 is 0 Å². The van der Waals surface area contributed by atoms with Crippen LogP contribution in [0.4, 0.5) is 15.9 Å². The van der Waals surface area contributed by atoms with E-state index in [1.165, 1.54) is 18.5 Å². The summed E-state index contributed by atoms with van der Waals surface area (Å²) in [7, 11) is 0. The van der Waals surface area contributed by atoms with Crippen molar-refractivity contribution in [2.45, 2.75) is 0 Å². The molecule has 2 heterocycles. The van der Waals surface area contributed by atoms with E-state index in [1.807, 2.05) is 35.7 Å². The van der Waals surface area contributed by atoms with E-state index in [-0.39, 0.29) is 5.02 Å². The Morgan fingerprint density at radius 1 is 1.04 bits per heavy atom. The molecule has 6 heteroatoms. The number of nitrogens with zero attached hydrogens (tertiary/aromatic N) is 2. The molecular weight excluding hydrogens is 369 g/mol. The quantitative estimate of drug-likeness (QED) is 0.459. The minimum Gasteiger partial charge on any atom is -0.340 e. The van der Waals surface area contributed by atoms with Crippen LogP contribution in [0.3, 0.4) is 0 Å². The Hall–Kier alpha value is -2.94. The fourth-order valence-electron chi connectivity index (χ4n) is 2.43. The number of hydrogen-bond donors (Lipinski definition) is 1. The molecule has 0 atom stereocenters. The third kappa shape index (κ3) is 3.52. The number of aromatic nitrogens is 2. The van der Waals surface area contributed by atoms with Gasteiger partial charge in [0.05, 0.1) is 15.4 Å². The minimum atomic E-state index is -0.462.